The van der Waals surface area contributed by atoms with Crippen molar-refractivity contribution >= 4 is 11.6 Å². The molecule has 0 bridgehead atoms. The average Bonchev–Trinajstić information content (AvgIpc) is 2.76. The smallest absolute Gasteiger partial charge is 0.406 e. The van der Waals surface area contributed by atoms with Gasteiger partial charge in [0.15, 0.2) is 0 Å². The SMILES string of the molecule is O=C1Nc2ccccc2C1Cc1ccccc1OC(F)(F)F. The lowest BCUT2D eigenvalue weighted by Gasteiger charge is -2.15. The third kappa shape index (κ3) is 2.90. The van der Waals surface area contributed by atoms with Crippen molar-refractivity contribution < 1.29 is 22.7 Å². The zero-order valence-electron chi connectivity index (χ0n) is 11.4. The summed E-state index contributed by atoms with van der Waals surface area (Å²) in [6.07, 6.45) is -4.61. The number of carbonyl (C=O) groups is 1. The van der Waals surface area contributed by atoms with Gasteiger partial charge in [-0.3, -0.25) is 4.79 Å². The van der Waals surface area contributed by atoms with Crippen LogP contribution in [-0.4, -0.2) is 12.3 Å². The second kappa shape index (κ2) is 5.36. The van der Waals surface area contributed by atoms with Gasteiger partial charge in [-0.1, -0.05) is 36.4 Å². The predicted molar refractivity (Wildman–Crippen MR) is 74.6 cm³/mol. The largest absolute Gasteiger partial charge is 0.573 e. The van der Waals surface area contributed by atoms with Crippen LogP contribution in [0.2, 0.25) is 0 Å². The molecule has 0 saturated heterocycles. The van der Waals surface area contributed by atoms with E-state index in [1.807, 2.05) is 0 Å². The van der Waals surface area contributed by atoms with Gasteiger partial charge in [-0.15, -0.1) is 13.2 Å². The number of anilines is 1. The second-order valence-corrected chi connectivity index (χ2v) is 4.99. The van der Waals surface area contributed by atoms with Gasteiger partial charge in [-0.2, -0.15) is 0 Å². The second-order valence-electron chi connectivity index (χ2n) is 4.99. The Kier molecular flexibility index (Phi) is 3.52. The summed E-state index contributed by atoms with van der Waals surface area (Å²) in [6.45, 7) is 0. The van der Waals surface area contributed by atoms with Crippen molar-refractivity contribution in [2.45, 2.75) is 18.7 Å². The molecule has 0 aliphatic carbocycles. The van der Waals surface area contributed by atoms with Gasteiger partial charge in [-0.05, 0) is 29.7 Å². The van der Waals surface area contributed by atoms with Crippen molar-refractivity contribution in [3.63, 3.8) is 0 Å². The zero-order chi connectivity index (χ0) is 15.7. The van der Waals surface area contributed by atoms with Gasteiger partial charge in [0, 0.05) is 5.69 Å². The summed E-state index contributed by atoms with van der Waals surface area (Å²) in [4.78, 5) is 12.1. The lowest BCUT2D eigenvalue weighted by molar-refractivity contribution is -0.274. The van der Waals surface area contributed by atoms with Crippen LogP contribution in [0.3, 0.4) is 0 Å². The minimum absolute atomic E-state index is 0.148. The molecule has 1 amide bonds. The van der Waals surface area contributed by atoms with Crippen LogP contribution in [0.4, 0.5) is 18.9 Å². The van der Waals surface area contributed by atoms with Crippen LogP contribution in [-0.2, 0) is 11.2 Å². The molecule has 0 fully saturated rings. The summed E-state index contributed by atoms with van der Waals surface area (Å²) in [7, 11) is 0. The molecule has 1 atom stereocenters. The molecule has 1 aliphatic rings. The van der Waals surface area contributed by atoms with Crippen molar-refractivity contribution in [3.05, 3.63) is 59.7 Å². The first-order chi connectivity index (χ1) is 10.4. The van der Waals surface area contributed by atoms with Crippen LogP contribution in [0.25, 0.3) is 0 Å². The van der Waals surface area contributed by atoms with Crippen LogP contribution < -0.4 is 10.1 Å². The molecule has 0 spiro atoms. The number of fused-ring (bicyclic) bond motifs is 1. The molecule has 1 unspecified atom stereocenters. The fraction of sp³-hybridized carbons (Fsp3) is 0.188. The molecule has 3 rings (SSSR count). The first-order valence-electron chi connectivity index (χ1n) is 6.67. The number of rotatable bonds is 3. The molecule has 2 aromatic rings. The lowest BCUT2D eigenvalue weighted by atomic mass is 9.93. The highest BCUT2D eigenvalue weighted by atomic mass is 19.4. The van der Waals surface area contributed by atoms with E-state index in [1.54, 1.807) is 30.3 Å². The Morgan fingerprint density at radius 1 is 1.05 bits per heavy atom. The molecule has 3 nitrogen and oxygen atoms in total. The number of alkyl halides is 3. The number of hydrogen-bond acceptors (Lipinski definition) is 2. The summed E-state index contributed by atoms with van der Waals surface area (Å²) in [5.41, 5.74) is 1.83. The van der Waals surface area contributed by atoms with Gasteiger partial charge >= 0.3 is 6.36 Å². The fourth-order valence-corrected chi connectivity index (χ4v) is 2.60. The highest BCUT2D eigenvalue weighted by Crippen LogP contribution is 2.37. The van der Waals surface area contributed by atoms with E-state index in [9.17, 15) is 18.0 Å². The molecular formula is C16H12F3NO2. The van der Waals surface area contributed by atoms with E-state index in [1.165, 1.54) is 18.2 Å². The van der Waals surface area contributed by atoms with Crippen molar-refractivity contribution in [1.82, 2.24) is 0 Å². The van der Waals surface area contributed by atoms with Gasteiger partial charge in [0.05, 0.1) is 5.92 Å². The maximum atomic E-state index is 12.4. The number of carbonyl (C=O) groups excluding carboxylic acids is 1. The predicted octanol–water partition coefficient (Wildman–Crippen LogP) is 3.86. The highest BCUT2D eigenvalue weighted by molar-refractivity contribution is 6.03. The summed E-state index contributed by atoms with van der Waals surface area (Å²) in [6, 6.07) is 13.0. The molecule has 1 aliphatic heterocycles. The van der Waals surface area contributed by atoms with Crippen LogP contribution >= 0.6 is 0 Å². The molecule has 1 heterocycles. The average molecular weight is 307 g/mol. The van der Waals surface area contributed by atoms with Crippen LogP contribution in [0.5, 0.6) is 5.75 Å². The Morgan fingerprint density at radius 3 is 2.50 bits per heavy atom. The molecule has 0 saturated carbocycles. The summed E-state index contributed by atoms with van der Waals surface area (Å²) >= 11 is 0. The van der Waals surface area contributed by atoms with E-state index in [0.29, 0.717) is 11.3 Å². The Labute approximate surface area is 124 Å². The lowest BCUT2D eigenvalue weighted by Crippen LogP contribution is -2.19. The van der Waals surface area contributed by atoms with Crippen LogP contribution in [0.1, 0.15) is 17.0 Å². The van der Waals surface area contributed by atoms with Gasteiger partial charge in [0.1, 0.15) is 5.75 Å². The normalized spacial score (nSPS) is 17.0. The van der Waals surface area contributed by atoms with Gasteiger partial charge in [0.2, 0.25) is 5.91 Å². The van der Waals surface area contributed by atoms with E-state index >= 15 is 0 Å². The standard InChI is InChI=1S/C16H12F3NO2/c17-16(18,19)22-14-8-4-1-5-10(14)9-12-11-6-2-3-7-13(11)20-15(12)21/h1-8,12H,9H2,(H,20,21). The maximum absolute atomic E-state index is 12.4. The topological polar surface area (TPSA) is 38.3 Å². The monoisotopic (exact) mass is 307 g/mol. The molecule has 2 aromatic carbocycles. The van der Waals surface area contributed by atoms with Gasteiger partial charge in [0.25, 0.3) is 0 Å². The van der Waals surface area contributed by atoms with E-state index in [4.69, 9.17) is 0 Å². The summed E-state index contributed by atoms with van der Waals surface area (Å²) in [5.74, 6) is -1.01. The zero-order valence-corrected chi connectivity index (χ0v) is 11.4. The number of nitrogens with one attached hydrogen (secondary N) is 1. The number of benzene rings is 2. The Morgan fingerprint density at radius 2 is 1.73 bits per heavy atom. The summed E-state index contributed by atoms with van der Waals surface area (Å²) in [5, 5.41) is 2.73. The van der Waals surface area contributed by atoms with Gasteiger partial charge < -0.3 is 10.1 Å². The molecule has 22 heavy (non-hydrogen) atoms. The minimum atomic E-state index is -4.76. The molecule has 114 valence electrons. The van der Waals surface area contributed by atoms with Crippen LogP contribution in [0, 0.1) is 0 Å². The number of hydrogen-bond donors (Lipinski definition) is 1. The minimum Gasteiger partial charge on any atom is -0.406 e. The molecular weight excluding hydrogens is 295 g/mol. The first-order valence-corrected chi connectivity index (χ1v) is 6.67. The molecule has 6 heteroatoms. The Balaban J connectivity index is 1.90. The first kappa shape index (κ1) is 14.4. The van der Waals surface area contributed by atoms with Crippen molar-refractivity contribution in [1.29, 1.82) is 0 Å². The summed E-state index contributed by atoms with van der Waals surface area (Å²) < 4.78 is 41.4. The number of ether oxygens (including phenoxy) is 1. The third-order valence-electron chi connectivity index (χ3n) is 3.53. The van der Waals surface area contributed by atoms with E-state index in [2.05, 4.69) is 10.1 Å². The number of para-hydroxylation sites is 2. The molecule has 1 N–H and O–H groups in total. The number of amides is 1. The van der Waals surface area contributed by atoms with Crippen LogP contribution in [0.15, 0.2) is 48.5 Å². The van der Waals surface area contributed by atoms with E-state index < -0.39 is 12.3 Å². The Hall–Kier alpha value is -2.50. The van der Waals surface area contributed by atoms with E-state index in [-0.39, 0.29) is 18.1 Å². The van der Waals surface area contributed by atoms with Crippen molar-refractivity contribution in [2.24, 2.45) is 0 Å². The number of halogens is 3. The highest BCUT2D eigenvalue weighted by Gasteiger charge is 2.34. The maximum Gasteiger partial charge on any atom is 0.573 e. The van der Waals surface area contributed by atoms with Crippen molar-refractivity contribution in [2.75, 3.05) is 5.32 Å². The Bertz CT molecular complexity index is 713. The van der Waals surface area contributed by atoms with Crippen molar-refractivity contribution in [3.8, 4) is 5.75 Å². The quantitative estimate of drug-likeness (QED) is 0.935. The molecule has 0 aromatic heterocycles. The van der Waals surface area contributed by atoms with Gasteiger partial charge in [-0.25, -0.2) is 0 Å². The van der Waals surface area contributed by atoms with E-state index in [0.717, 1.165) is 5.56 Å². The fourth-order valence-electron chi connectivity index (χ4n) is 2.60. The molecule has 0 radical (unpaired) electrons. The third-order valence-corrected chi connectivity index (χ3v) is 3.53.